The zero-order chi connectivity index (χ0) is 17.7. The SMILES string of the molecule is COc1cc2c(cc1N)-c1cnn(C)c1CCN2C1CN(C(C)C)C1. The first-order chi connectivity index (χ1) is 12.0. The van der Waals surface area contributed by atoms with E-state index in [1.165, 1.54) is 22.5 Å². The lowest BCUT2D eigenvalue weighted by Gasteiger charge is -2.48. The van der Waals surface area contributed by atoms with Crippen molar-refractivity contribution in [2.24, 2.45) is 7.05 Å². The van der Waals surface area contributed by atoms with Gasteiger partial charge in [-0.05, 0) is 19.9 Å². The molecule has 2 aliphatic heterocycles. The second kappa shape index (κ2) is 5.95. The van der Waals surface area contributed by atoms with Gasteiger partial charge in [0.05, 0.1) is 25.0 Å². The molecule has 1 aromatic heterocycles. The van der Waals surface area contributed by atoms with Crippen LogP contribution in [0.15, 0.2) is 18.3 Å². The lowest BCUT2D eigenvalue weighted by atomic mass is 10.00. The first-order valence-electron chi connectivity index (χ1n) is 8.99. The molecule has 6 nitrogen and oxygen atoms in total. The predicted octanol–water partition coefficient (Wildman–Crippen LogP) is 2.13. The molecule has 134 valence electrons. The van der Waals surface area contributed by atoms with Gasteiger partial charge in [-0.1, -0.05) is 0 Å². The molecule has 1 aromatic carbocycles. The maximum absolute atomic E-state index is 6.22. The van der Waals surface area contributed by atoms with Crippen LogP contribution in [-0.4, -0.2) is 53.5 Å². The molecule has 25 heavy (non-hydrogen) atoms. The molecule has 1 saturated heterocycles. The van der Waals surface area contributed by atoms with Crippen LogP contribution in [0.5, 0.6) is 5.75 Å². The Bertz CT molecular complexity index is 791. The molecule has 0 aliphatic carbocycles. The predicted molar refractivity (Wildman–Crippen MR) is 101 cm³/mol. The van der Waals surface area contributed by atoms with E-state index in [1.807, 2.05) is 24.0 Å². The summed E-state index contributed by atoms with van der Waals surface area (Å²) in [4.78, 5) is 5.05. The summed E-state index contributed by atoms with van der Waals surface area (Å²) in [5, 5.41) is 4.47. The summed E-state index contributed by atoms with van der Waals surface area (Å²) in [6, 6.07) is 5.29. The van der Waals surface area contributed by atoms with Gasteiger partial charge in [0.25, 0.3) is 0 Å². The van der Waals surface area contributed by atoms with E-state index in [1.54, 1.807) is 7.11 Å². The molecule has 0 radical (unpaired) electrons. The van der Waals surface area contributed by atoms with Gasteiger partial charge in [0.2, 0.25) is 0 Å². The Kier molecular flexibility index (Phi) is 3.87. The van der Waals surface area contributed by atoms with E-state index in [9.17, 15) is 0 Å². The normalized spacial score (nSPS) is 17.9. The highest BCUT2D eigenvalue weighted by atomic mass is 16.5. The first kappa shape index (κ1) is 16.3. The second-order valence-corrected chi connectivity index (χ2v) is 7.38. The van der Waals surface area contributed by atoms with Crippen LogP contribution >= 0.6 is 0 Å². The Labute approximate surface area is 149 Å². The van der Waals surface area contributed by atoms with Gasteiger partial charge in [0.1, 0.15) is 5.75 Å². The lowest BCUT2D eigenvalue weighted by Crippen LogP contribution is -2.61. The van der Waals surface area contributed by atoms with Crippen molar-refractivity contribution in [3.8, 4) is 16.9 Å². The van der Waals surface area contributed by atoms with E-state index in [0.717, 1.165) is 31.8 Å². The van der Waals surface area contributed by atoms with Crippen molar-refractivity contribution in [2.75, 3.05) is 37.4 Å². The highest BCUT2D eigenvalue weighted by Gasteiger charge is 2.36. The molecular weight excluding hydrogens is 314 g/mol. The molecule has 0 bridgehead atoms. The largest absolute Gasteiger partial charge is 0.495 e. The van der Waals surface area contributed by atoms with Crippen LogP contribution in [0.1, 0.15) is 19.5 Å². The third kappa shape index (κ3) is 2.56. The zero-order valence-corrected chi connectivity index (χ0v) is 15.5. The first-order valence-corrected chi connectivity index (χ1v) is 8.99. The number of aromatic nitrogens is 2. The summed E-state index contributed by atoms with van der Waals surface area (Å²) in [6.07, 6.45) is 2.95. The molecule has 6 heteroatoms. The van der Waals surface area contributed by atoms with Crippen molar-refractivity contribution >= 4 is 11.4 Å². The summed E-state index contributed by atoms with van der Waals surface area (Å²) in [5.41, 5.74) is 11.7. The zero-order valence-electron chi connectivity index (χ0n) is 15.5. The average molecular weight is 341 g/mol. The van der Waals surface area contributed by atoms with E-state index in [-0.39, 0.29) is 0 Å². The van der Waals surface area contributed by atoms with Crippen LogP contribution in [0.25, 0.3) is 11.1 Å². The summed E-state index contributed by atoms with van der Waals surface area (Å²) in [6.45, 7) is 7.73. The number of anilines is 2. The Balaban J connectivity index is 1.78. The molecule has 0 amide bonds. The minimum absolute atomic E-state index is 0.539. The standard InChI is InChI=1S/C19H27N5O/c1-12(2)23-10-13(11-23)24-6-5-17-15(9-21-22(17)3)14-7-16(20)19(25-4)8-18(14)24/h7-9,12-13H,5-6,10-11,20H2,1-4H3. The van der Waals surface area contributed by atoms with Crippen LogP contribution in [0.3, 0.4) is 0 Å². The number of rotatable bonds is 3. The number of ether oxygens (including phenoxy) is 1. The maximum Gasteiger partial charge on any atom is 0.143 e. The van der Waals surface area contributed by atoms with Gasteiger partial charge >= 0.3 is 0 Å². The monoisotopic (exact) mass is 341 g/mol. The minimum atomic E-state index is 0.539. The summed E-state index contributed by atoms with van der Waals surface area (Å²) < 4.78 is 7.49. The number of fused-ring (bicyclic) bond motifs is 3. The van der Waals surface area contributed by atoms with Gasteiger partial charge in [0.15, 0.2) is 0 Å². The molecule has 0 atom stereocenters. The molecule has 2 aromatic rings. The van der Waals surface area contributed by atoms with Gasteiger partial charge in [-0.2, -0.15) is 5.10 Å². The number of nitrogens with zero attached hydrogens (tertiary/aromatic N) is 4. The fourth-order valence-corrected chi connectivity index (χ4v) is 4.03. The summed E-state index contributed by atoms with van der Waals surface area (Å²) >= 11 is 0. The number of likely N-dealkylation sites (tertiary alicyclic amines) is 1. The van der Waals surface area contributed by atoms with Gasteiger partial charge in [-0.25, -0.2) is 0 Å². The summed E-state index contributed by atoms with van der Waals surface area (Å²) in [5.74, 6) is 0.746. The minimum Gasteiger partial charge on any atom is -0.495 e. The number of nitrogens with two attached hydrogens (primary N) is 1. The molecule has 0 saturated carbocycles. The van der Waals surface area contributed by atoms with Gasteiger partial charge in [-0.3, -0.25) is 9.58 Å². The van der Waals surface area contributed by atoms with E-state index in [4.69, 9.17) is 10.5 Å². The number of benzene rings is 1. The topological polar surface area (TPSA) is 59.6 Å². The van der Waals surface area contributed by atoms with E-state index in [0.29, 0.717) is 17.8 Å². The van der Waals surface area contributed by atoms with Crippen LogP contribution in [-0.2, 0) is 13.5 Å². The van der Waals surface area contributed by atoms with Crippen molar-refractivity contribution in [1.82, 2.24) is 14.7 Å². The quantitative estimate of drug-likeness (QED) is 0.867. The fourth-order valence-electron chi connectivity index (χ4n) is 4.03. The van der Waals surface area contributed by atoms with Gasteiger partial charge in [0, 0.05) is 67.7 Å². The van der Waals surface area contributed by atoms with Crippen molar-refractivity contribution < 1.29 is 4.74 Å². The molecule has 3 heterocycles. The number of nitrogen functional groups attached to an aromatic ring is 1. The third-order valence-electron chi connectivity index (χ3n) is 5.66. The van der Waals surface area contributed by atoms with E-state index < -0.39 is 0 Å². The molecule has 2 aliphatic rings. The van der Waals surface area contributed by atoms with Crippen LogP contribution in [0.2, 0.25) is 0 Å². The van der Waals surface area contributed by atoms with Crippen LogP contribution < -0.4 is 15.4 Å². The molecule has 4 rings (SSSR count). The number of hydrogen-bond donors (Lipinski definition) is 1. The molecule has 1 fully saturated rings. The molecular formula is C19H27N5O. The van der Waals surface area contributed by atoms with Crippen molar-refractivity contribution in [3.05, 3.63) is 24.0 Å². The van der Waals surface area contributed by atoms with Gasteiger partial charge < -0.3 is 15.4 Å². The highest BCUT2D eigenvalue weighted by Crippen LogP contribution is 2.42. The Morgan fingerprint density at radius 2 is 2.00 bits per heavy atom. The second-order valence-electron chi connectivity index (χ2n) is 7.38. The Morgan fingerprint density at radius 3 is 2.68 bits per heavy atom. The van der Waals surface area contributed by atoms with Crippen LogP contribution in [0, 0.1) is 0 Å². The van der Waals surface area contributed by atoms with E-state index in [2.05, 4.69) is 34.8 Å². The highest BCUT2D eigenvalue weighted by molar-refractivity contribution is 5.86. The number of aryl methyl sites for hydroxylation is 1. The summed E-state index contributed by atoms with van der Waals surface area (Å²) in [7, 11) is 3.70. The smallest absolute Gasteiger partial charge is 0.143 e. The van der Waals surface area contributed by atoms with Crippen LogP contribution in [0.4, 0.5) is 11.4 Å². The third-order valence-corrected chi connectivity index (χ3v) is 5.66. The average Bonchev–Trinajstić information content (AvgIpc) is 2.81. The maximum atomic E-state index is 6.22. The molecule has 0 unspecified atom stereocenters. The van der Waals surface area contributed by atoms with Crippen molar-refractivity contribution in [3.63, 3.8) is 0 Å². The Hall–Kier alpha value is -2.21. The lowest BCUT2D eigenvalue weighted by molar-refractivity contribution is 0.107. The van der Waals surface area contributed by atoms with Gasteiger partial charge in [-0.15, -0.1) is 0 Å². The molecule has 2 N–H and O–H groups in total. The van der Waals surface area contributed by atoms with Crippen molar-refractivity contribution in [1.29, 1.82) is 0 Å². The fraction of sp³-hybridized carbons (Fsp3) is 0.526. The Morgan fingerprint density at radius 1 is 1.24 bits per heavy atom. The van der Waals surface area contributed by atoms with E-state index >= 15 is 0 Å². The van der Waals surface area contributed by atoms with Crippen molar-refractivity contribution in [2.45, 2.75) is 32.4 Å². The number of hydrogen-bond acceptors (Lipinski definition) is 5. The number of methoxy groups -OCH3 is 1. The molecule has 0 spiro atoms.